The Hall–Kier alpha value is -0.860. The minimum absolute atomic E-state index is 0.0184. The number of aliphatic hydroxyl groups is 1. The molecule has 0 bridgehead atoms. The normalized spacial score (nSPS) is 15.0. The number of benzene rings is 1. The quantitative estimate of drug-likeness (QED) is 0.585. The van der Waals surface area contributed by atoms with Gasteiger partial charge in [0.15, 0.2) is 0 Å². The summed E-state index contributed by atoms with van der Waals surface area (Å²) in [7, 11) is 1.78. The second-order valence-electron chi connectivity index (χ2n) is 7.84. The average Bonchev–Trinajstić information content (AvgIpc) is 2.52. The topological polar surface area (TPSA) is 29.5 Å². The minimum Gasteiger partial charge on any atom is -0.388 e. The lowest BCUT2D eigenvalue weighted by Gasteiger charge is -2.24. The molecule has 23 heavy (non-hydrogen) atoms. The molecule has 0 spiro atoms. The Bertz CT molecular complexity index is 451. The number of hydrogen-bond donors (Lipinski definition) is 1. The molecule has 0 saturated carbocycles. The Balaban J connectivity index is 2.43. The van der Waals surface area contributed by atoms with Crippen LogP contribution in [0.5, 0.6) is 0 Å². The molecule has 0 amide bonds. The zero-order valence-corrected chi connectivity index (χ0v) is 15.9. The van der Waals surface area contributed by atoms with E-state index in [0.29, 0.717) is 11.8 Å². The third kappa shape index (κ3) is 7.05. The minimum atomic E-state index is -0.341. The third-order valence-corrected chi connectivity index (χ3v) is 4.94. The van der Waals surface area contributed by atoms with E-state index in [1.807, 2.05) is 6.07 Å². The van der Waals surface area contributed by atoms with E-state index in [0.717, 1.165) is 24.8 Å². The van der Waals surface area contributed by atoms with Crippen molar-refractivity contribution in [2.24, 2.45) is 5.92 Å². The molecule has 0 fully saturated rings. The molecular formula is C21H36O2. The predicted octanol–water partition coefficient (Wildman–Crippen LogP) is 5.86. The van der Waals surface area contributed by atoms with Gasteiger partial charge >= 0.3 is 0 Å². The molecule has 0 radical (unpaired) electrons. The van der Waals surface area contributed by atoms with Crippen molar-refractivity contribution in [3.8, 4) is 0 Å². The van der Waals surface area contributed by atoms with Crippen molar-refractivity contribution in [2.75, 3.05) is 7.11 Å². The molecule has 0 aliphatic heterocycles. The Morgan fingerprint density at radius 1 is 1.00 bits per heavy atom. The van der Waals surface area contributed by atoms with Crippen LogP contribution in [0.25, 0.3) is 0 Å². The standard InChI is InChI=1S/C21H36O2/c1-16(2)18-11-7-8-12-19(18)20(22)14-13-17(3)10-9-15-21(4,5)23-6/h7-8,11-12,16-17,20,22H,9-10,13-15H2,1-6H3. The van der Waals surface area contributed by atoms with E-state index in [1.54, 1.807) is 7.11 Å². The van der Waals surface area contributed by atoms with Crippen molar-refractivity contribution in [2.45, 2.75) is 84.3 Å². The molecule has 1 aromatic rings. The van der Waals surface area contributed by atoms with Crippen LogP contribution in [0.15, 0.2) is 24.3 Å². The van der Waals surface area contributed by atoms with Gasteiger partial charge in [-0.25, -0.2) is 0 Å². The first-order chi connectivity index (χ1) is 10.8. The van der Waals surface area contributed by atoms with Gasteiger partial charge < -0.3 is 9.84 Å². The fourth-order valence-electron chi connectivity index (χ4n) is 3.06. The van der Waals surface area contributed by atoms with Gasteiger partial charge in [0.05, 0.1) is 11.7 Å². The van der Waals surface area contributed by atoms with Gasteiger partial charge in [-0.05, 0) is 56.1 Å². The lowest BCUT2D eigenvalue weighted by molar-refractivity contribution is 0.0125. The van der Waals surface area contributed by atoms with Gasteiger partial charge in [-0.3, -0.25) is 0 Å². The number of methoxy groups -OCH3 is 1. The zero-order chi connectivity index (χ0) is 17.5. The summed E-state index contributed by atoms with van der Waals surface area (Å²) in [5.74, 6) is 1.10. The van der Waals surface area contributed by atoms with E-state index in [1.165, 1.54) is 18.4 Å². The number of ether oxygens (including phenoxy) is 1. The van der Waals surface area contributed by atoms with Gasteiger partial charge in [0.25, 0.3) is 0 Å². The highest BCUT2D eigenvalue weighted by Gasteiger charge is 2.18. The monoisotopic (exact) mass is 320 g/mol. The first-order valence-corrected chi connectivity index (χ1v) is 9.09. The van der Waals surface area contributed by atoms with Crippen LogP contribution in [-0.2, 0) is 4.74 Å². The Morgan fingerprint density at radius 2 is 1.61 bits per heavy atom. The van der Waals surface area contributed by atoms with Crippen molar-refractivity contribution < 1.29 is 9.84 Å². The molecule has 0 aliphatic rings. The van der Waals surface area contributed by atoms with Gasteiger partial charge in [0.2, 0.25) is 0 Å². The molecule has 2 atom stereocenters. The molecule has 132 valence electrons. The van der Waals surface area contributed by atoms with E-state index in [2.05, 4.69) is 52.8 Å². The average molecular weight is 321 g/mol. The van der Waals surface area contributed by atoms with Crippen molar-refractivity contribution >= 4 is 0 Å². The highest BCUT2D eigenvalue weighted by atomic mass is 16.5. The highest BCUT2D eigenvalue weighted by Crippen LogP contribution is 2.29. The smallest absolute Gasteiger partial charge is 0.0792 e. The summed E-state index contributed by atoms with van der Waals surface area (Å²) in [5, 5.41) is 10.6. The summed E-state index contributed by atoms with van der Waals surface area (Å²) < 4.78 is 5.47. The molecular weight excluding hydrogens is 284 g/mol. The SMILES string of the molecule is COC(C)(C)CCCC(C)CCC(O)c1ccccc1C(C)C. The Labute approximate surface area is 143 Å². The van der Waals surface area contributed by atoms with Crippen LogP contribution in [-0.4, -0.2) is 17.8 Å². The van der Waals surface area contributed by atoms with Crippen LogP contribution in [0.2, 0.25) is 0 Å². The van der Waals surface area contributed by atoms with Crippen LogP contribution < -0.4 is 0 Å². The fraction of sp³-hybridized carbons (Fsp3) is 0.714. The maximum atomic E-state index is 10.6. The summed E-state index contributed by atoms with van der Waals surface area (Å²) in [6.07, 6.45) is 5.05. The molecule has 0 aliphatic carbocycles. The van der Waals surface area contributed by atoms with E-state index < -0.39 is 0 Å². The van der Waals surface area contributed by atoms with Crippen LogP contribution in [0, 0.1) is 5.92 Å². The highest BCUT2D eigenvalue weighted by molar-refractivity contribution is 5.31. The van der Waals surface area contributed by atoms with E-state index in [9.17, 15) is 5.11 Å². The van der Waals surface area contributed by atoms with Crippen LogP contribution in [0.4, 0.5) is 0 Å². The molecule has 2 unspecified atom stereocenters. The molecule has 2 heteroatoms. The van der Waals surface area contributed by atoms with Gasteiger partial charge in [-0.15, -0.1) is 0 Å². The van der Waals surface area contributed by atoms with Crippen molar-refractivity contribution in [1.82, 2.24) is 0 Å². The first kappa shape index (κ1) is 20.2. The number of rotatable bonds is 10. The second kappa shape index (κ2) is 9.44. The number of aliphatic hydroxyl groups excluding tert-OH is 1. The van der Waals surface area contributed by atoms with Crippen LogP contribution in [0.3, 0.4) is 0 Å². The van der Waals surface area contributed by atoms with Crippen molar-refractivity contribution in [3.05, 3.63) is 35.4 Å². The Kier molecular flexibility index (Phi) is 8.28. The molecule has 1 rings (SSSR count). The van der Waals surface area contributed by atoms with Crippen molar-refractivity contribution in [1.29, 1.82) is 0 Å². The van der Waals surface area contributed by atoms with Gasteiger partial charge in [0, 0.05) is 7.11 Å². The molecule has 1 aromatic carbocycles. The van der Waals surface area contributed by atoms with Crippen molar-refractivity contribution in [3.63, 3.8) is 0 Å². The lowest BCUT2D eigenvalue weighted by Crippen LogP contribution is -2.22. The first-order valence-electron chi connectivity index (χ1n) is 9.09. The summed E-state index contributed by atoms with van der Waals surface area (Å²) in [6.45, 7) is 11.0. The molecule has 2 nitrogen and oxygen atoms in total. The summed E-state index contributed by atoms with van der Waals surface area (Å²) in [4.78, 5) is 0. The maximum absolute atomic E-state index is 10.6. The summed E-state index contributed by atoms with van der Waals surface area (Å²) in [6, 6.07) is 8.30. The van der Waals surface area contributed by atoms with E-state index in [4.69, 9.17) is 4.74 Å². The molecule has 1 N–H and O–H groups in total. The van der Waals surface area contributed by atoms with E-state index in [-0.39, 0.29) is 11.7 Å². The predicted molar refractivity (Wildman–Crippen MR) is 98.8 cm³/mol. The lowest BCUT2D eigenvalue weighted by atomic mass is 9.89. The van der Waals surface area contributed by atoms with Gasteiger partial charge in [0.1, 0.15) is 0 Å². The third-order valence-electron chi connectivity index (χ3n) is 4.94. The van der Waals surface area contributed by atoms with E-state index >= 15 is 0 Å². The Morgan fingerprint density at radius 3 is 2.17 bits per heavy atom. The fourth-order valence-corrected chi connectivity index (χ4v) is 3.06. The molecule has 0 aromatic heterocycles. The molecule has 0 heterocycles. The summed E-state index contributed by atoms with van der Waals surface area (Å²) >= 11 is 0. The largest absolute Gasteiger partial charge is 0.388 e. The second-order valence-corrected chi connectivity index (χ2v) is 7.84. The zero-order valence-electron chi connectivity index (χ0n) is 15.9. The molecule has 0 saturated heterocycles. The van der Waals surface area contributed by atoms with Crippen LogP contribution in [0.1, 0.15) is 89.9 Å². The summed E-state index contributed by atoms with van der Waals surface area (Å²) in [5.41, 5.74) is 2.36. The van der Waals surface area contributed by atoms with Gasteiger partial charge in [-0.1, -0.05) is 57.9 Å². The number of hydrogen-bond acceptors (Lipinski definition) is 2. The van der Waals surface area contributed by atoms with Crippen LogP contribution >= 0.6 is 0 Å². The van der Waals surface area contributed by atoms with Gasteiger partial charge in [-0.2, -0.15) is 0 Å². The maximum Gasteiger partial charge on any atom is 0.0792 e.